The lowest BCUT2D eigenvalue weighted by molar-refractivity contribution is 0.0718. The predicted octanol–water partition coefficient (Wildman–Crippen LogP) is 2.44. The number of nitrogens with zero attached hydrogens (tertiary/aromatic N) is 4. The van der Waals surface area contributed by atoms with E-state index in [1.165, 1.54) is 6.42 Å². The number of nitrogens with one attached hydrogen (secondary N) is 1. The smallest absolute Gasteiger partial charge is 0.409 e. The minimum atomic E-state index is -0.253. The Morgan fingerprint density at radius 2 is 1.81 bits per heavy atom. The normalized spacial score (nSPS) is 18.3. The number of likely N-dealkylation sites (tertiary alicyclic amines) is 2. The zero-order valence-electron chi connectivity index (χ0n) is 16.2. The molecular formula is C19H29N5O3. The molecule has 1 aromatic heterocycles. The van der Waals surface area contributed by atoms with E-state index in [1.807, 2.05) is 18.7 Å². The fraction of sp³-hybridized carbons (Fsp3) is 0.684. The molecule has 8 nitrogen and oxygen atoms in total. The molecule has 2 aliphatic heterocycles. The molecule has 0 aromatic carbocycles. The van der Waals surface area contributed by atoms with Crippen molar-refractivity contribution in [1.29, 1.82) is 0 Å². The van der Waals surface area contributed by atoms with E-state index >= 15 is 0 Å². The number of amides is 2. The molecule has 148 valence electrons. The molecule has 3 rings (SSSR count). The van der Waals surface area contributed by atoms with Gasteiger partial charge in [0.1, 0.15) is 5.69 Å². The van der Waals surface area contributed by atoms with Gasteiger partial charge in [0.25, 0.3) is 5.91 Å². The highest BCUT2D eigenvalue weighted by Crippen LogP contribution is 2.17. The van der Waals surface area contributed by atoms with Gasteiger partial charge in [0, 0.05) is 37.9 Å². The fourth-order valence-electron chi connectivity index (χ4n) is 3.61. The van der Waals surface area contributed by atoms with Crippen LogP contribution in [0.25, 0.3) is 0 Å². The lowest BCUT2D eigenvalue weighted by atomic mass is 10.1. The summed E-state index contributed by atoms with van der Waals surface area (Å²) >= 11 is 0. The number of piperidine rings is 2. The number of ether oxygens (including phenoxy) is 1. The molecule has 0 radical (unpaired) electrons. The summed E-state index contributed by atoms with van der Waals surface area (Å²) in [5.41, 5.74) is 1.23. The van der Waals surface area contributed by atoms with Crippen molar-refractivity contribution < 1.29 is 14.3 Å². The standard InChI is InChI=1S/C19H29N5O3/c1-3-27-19(26)24-11-7-15(8-12-24)21-18-20-14(2)13-16(22-18)17(25)23-9-5-4-6-10-23/h13,15H,3-12H2,1-2H3,(H,20,21,22). The summed E-state index contributed by atoms with van der Waals surface area (Å²) in [6.07, 6.45) is 4.64. The SMILES string of the molecule is CCOC(=O)N1CCC(Nc2nc(C)cc(C(=O)N3CCCCC3)n2)CC1. The number of carbonyl (C=O) groups is 2. The molecular weight excluding hydrogens is 346 g/mol. The van der Waals surface area contributed by atoms with Crippen LogP contribution in [0, 0.1) is 6.92 Å². The van der Waals surface area contributed by atoms with Crippen molar-refractivity contribution in [3.05, 3.63) is 17.5 Å². The van der Waals surface area contributed by atoms with Crippen LogP contribution in [0.5, 0.6) is 0 Å². The van der Waals surface area contributed by atoms with Gasteiger partial charge in [-0.05, 0) is 52.0 Å². The van der Waals surface area contributed by atoms with Gasteiger partial charge in [0.2, 0.25) is 5.95 Å². The summed E-state index contributed by atoms with van der Waals surface area (Å²) in [7, 11) is 0. The number of aryl methyl sites for hydroxylation is 1. The monoisotopic (exact) mass is 375 g/mol. The average Bonchev–Trinajstić information content (AvgIpc) is 2.68. The maximum atomic E-state index is 12.7. The van der Waals surface area contributed by atoms with Crippen LogP contribution in [0.3, 0.4) is 0 Å². The molecule has 0 spiro atoms. The maximum absolute atomic E-state index is 12.7. The van der Waals surface area contributed by atoms with Crippen LogP contribution in [-0.4, -0.2) is 70.6 Å². The van der Waals surface area contributed by atoms with Gasteiger partial charge < -0.3 is 19.9 Å². The molecule has 27 heavy (non-hydrogen) atoms. The summed E-state index contributed by atoms with van der Waals surface area (Å²) < 4.78 is 5.05. The zero-order valence-corrected chi connectivity index (χ0v) is 16.2. The molecule has 2 amide bonds. The van der Waals surface area contributed by atoms with Crippen LogP contribution in [-0.2, 0) is 4.74 Å². The molecule has 2 aliphatic rings. The van der Waals surface area contributed by atoms with E-state index in [2.05, 4.69) is 15.3 Å². The van der Waals surface area contributed by atoms with Crippen molar-refractivity contribution in [3.63, 3.8) is 0 Å². The van der Waals surface area contributed by atoms with Crippen molar-refractivity contribution in [1.82, 2.24) is 19.8 Å². The molecule has 0 bridgehead atoms. The number of rotatable bonds is 4. The van der Waals surface area contributed by atoms with Crippen LogP contribution in [0.15, 0.2) is 6.07 Å². The average molecular weight is 375 g/mol. The Kier molecular flexibility index (Phi) is 6.47. The first-order chi connectivity index (χ1) is 13.1. The molecule has 0 aliphatic carbocycles. The minimum Gasteiger partial charge on any atom is -0.450 e. The number of anilines is 1. The third kappa shape index (κ3) is 5.08. The fourth-order valence-corrected chi connectivity index (χ4v) is 3.61. The number of hydrogen-bond donors (Lipinski definition) is 1. The second-order valence-electron chi connectivity index (χ2n) is 7.18. The Balaban J connectivity index is 1.60. The Labute approximate surface area is 160 Å². The quantitative estimate of drug-likeness (QED) is 0.870. The number of aromatic nitrogens is 2. The van der Waals surface area contributed by atoms with Crippen LogP contribution < -0.4 is 5.32 Å². The summed E-state index contributed by atoms with van der Waals surface area (Å²) in [6, 6.07) is 1.93. The van der Waals surface area contributed by atoms with Crippen molar-refractivity contribution in [2.75, 3.05) is 38.1 Å². The van der Waals surface area contributed by atoms with Crippen LogP contribution in [0.2, 0.25) is 0 Å². The van der Waals surface area contributed by atoms with E-state index in [-0.39, 0.29) is 18.0 Å². The van der Waals surface area contributed by atoms with E-state index in [0.29, 0.717) is 31.3 Å². The molecule has 2 saturated heterocycles. The molecule has 1 aromatic rings. The molecule has 1 N–H and O–H groups in total. The Morgan fingerprint density at radius 3 is 2.48 bits per heavy atom. The minimum absolute atomic E-state index is 0.0135. The van der Waals surface area contributed by atoms with Crippen LogP contribution in [0.4, 0.5) is 10.7 Å². The van der Waals surface area contributed by atoms with Gasteiger partial charge in [-0.25, -0.2) is 14.8 Å². The van der Waals surface area contributed by atoms with Gasteiger partial charge in [-0.15, -0.1) is 0 Å². The van der Waals surface area contributed by atoms with Gasteiger partial charge in [0.15, 0.2) is 0 Å². The van der Waals surface area contributed by atoms with Crippen LogP contribution >= 0.6 is 0 Å². The predicted molar refractivity (Wildman–Crippen MR) is 102 cm³/mol. The molecule has 2 fully saturated rings. The van der Waals surface area contributed by atoms with Crippen molar-refractivity contribution in [3.8, 4) is 0 Å². The molecule has 0 atom stereocenters. The van der Waals surface area contributed by atoms with Crippen molar-refractivity contribution >= 4 is 17.9 Å². The van der Waals surface area contributed by atoms with Gasteiger partial charge in [-0.3, -0.25) is 4.79 Å². The largest absolute Gasteiger partial charge is 0.450 e. The van der Waals surface area contributed by atoms with E-state index in [9.17, 15) is 9.59 Å². The second-order valence-corrected chi connectivity index (χ2v) is 7.18. The van der Waals surface area contributed by atoms with Crippen molar-refractivity contribution in [2.45, 2.75) is 52.0 Å². The van der Waals surface area contributed by atoms with E-state index in [4.69, 9.17) is 4.74 Å². The topological polar surface area (TPSA) is 87.7 Å². The highest BCUT2D eigenvalue weighted by Gasteiger charge is 2.25. The number of carbonyl (C=O) groups excluding carboxylic acids is 2. The first-order valence-corrected chi connectivity index (χ1v) is 9.90. The summed E-state index contributed by atoms with van der Waals surface area (Å²) in [4.78, 5) is 37.0. The lowest BCUT2D eigenvalue weighted by Gasteiger charge is -2.31. The second kappa shape index (κ2) is 9.01. The first-order valence-electron chi connectivity index (χ1n) is 9.90. The first kappa shape index (κ1) is 19.4. The third-order valence-electron chi connectivity index (χ3n) is 5.07. The van der Waals surface area contributed by atoms with Crippen LogP contribution in [0.1, 0.15) is 55.2 Å². The summed E-state index contributed by atoms with van der Waals surface area (Å²) in [5.74, 6) is 0.477. The summed E-state index contributed by atoms with van der Waals surface area (Å²) in [6.45, 7) is 6.97. The van der Waals surface area contributed by atoms with Crippen molar-refractivity contribution in [2.24, 2.45) is 0 Å². The van der Waals surface area contributed by atoms with Gasteiger partial charge in [0.05, 0.1) is 6.61 Å². The highest BCUT2D eigenvalue weighted by atomic mass is 16.6. The van der Waals surface area contributed by atoms with Gasteiger partial charge in [-0.1, -0.05) is 0 Å². The Hall–Kier alpha value is -2.38. The van der Waals surface area contributed by atoms with E-state index in [0.717, 1.165) is 44.5 Å². The maximum Gasteiger partial charge on any atom is 0.409 e. The molecule has 8 heteroatoms. The highest BCUT2D eigenvalue weighted by molar-refractivity contribution is 5.92. The van der Waals surface area contributed by atoms with Gasteiger partial charge in [-0.2, -0.15) is 0 Å². The summed E-state index contributed by atoms with van der Waals surface area (Å²) in [5, 5.41) is 3.34. The van der Waals surface area contributed by atoms with E-state index in [1.54, 1.807) is 11.0 Å². The Morgan fingerprint density at radius 1 is 1.11 bits per heavy atom. The third-order valence-corrected chi connectivity index (χ3v) is 5.07. The van der Waals surface area contributed by atoms with Gasteiger partial charge >= 0.3 is 6.09 Å². The zero-order chi connectivity index (χ0) is 19.2. The Bertz CT molecular complexity index is 667. The lowest BCUT2D eigenvalue weighted by Crippen LogP contribution is -2.43. The van der Waals surface area contributed by atoms with E-state index < -0.39 is 0 Å². The number of hydrogen-bond acceptors (Lipinski definition) is 6. The molecule has 3 heterocycles. The molecule has 0 saturated carbocycles. The molecule has 0 unspecified atom stereocenters.